The van der Waals surface area contributed by atoms with Crippen LogP contribution in [0.3, 0.4) is 0 Å². The van der Waals surface area contributed by atoms with Crippen LogP contribution in [0.4, 0.5) is 4.79 Å². The Hall–Kier alpha value is -0.0105. The summed E-state index contributed by atoms with van der Waals surface area (Å²) in [6.45, 7) is 0. The van der Waals surface area contributed by atoms with Crippen LogP contribution in [0.25, 0.3) is 0 Å². The first-order valence-corrected chi connectivity index (χ1v) is 5.84. The van der Waals surface area contributed by atoms with E-state index in [1.54, 1.807) is 0 Å². The molecule has 0 spiro atoms. The summed E-state index contributed by atoms with van der Waals surface area (Å²) in [6.07, 6.45) is -4.80. The minimum atomic E-state index is -4.67. The number of carboxylic acids is 3. The van der Waals surface area contributed by atoms with Crippen LogP contribution in [0, 0.1) is 0 Å². The molecule has 6 N–H and O–H groups in total. The Morgan fingerprint density at radius 2 is 1.00 bits per heavy atom. The van der Waals surface area contributed by atoms with E-state index in [2.05, 4.69) is 0 Å². The van der Waals surface area contributed by atoms with E-state index in [0.717, 1.165) is 0 Å². The van der Waals surface area contributed by atoms with E-state index in [0.29, 0.717) is 0 Å². The summed E-state index contributed by atoms with van der Waals surface area (Å²) >= 11 is 0. The van der Waals surface area contributed by atoms with Gasteiger partial charge in [-0.3, -0.25) is 9.11 Å². The molecule has 0 aliphatic rings. The van der Waals surface area contributed by atoms with E-state index in [4.69, 9.17) is 37.6 Å². The molecule has 0 saturated heterocycles. The molecule has 0 bridgehead atoms. The van der Waals surface area contributed by atoms with Gasteiger partial charge in [0.25, 0.3) is 0 Å². The van der Waals surface area contributed by atoms with Gasteiger partial charge in [0.05, 0.1) is 5.97 Å². The van der Waals surface area contributed by atoms with Crippen molar-refractivity contribution in [2.45, 2.75) is 18.4 Å². The first-order valence-electron chi connectivity index (χ1n) is 4.44. The van der Waals surface area contributed by atoms with Gasteiger partial charge in [-0.2, -0.15) is 8.42 Å². The molecule has 0 aliphatic carbocycles. The van der Waals surface area contributed by atoms with Gasteiger partial charge in [0.15, 0.2) is 0 Å². The Labute approximate surface area is 200 Å². The van der Waals surface area contributed by atoms with E-state index in [9.17, 15) is 29.7 Å². The molecule has 0 rings (SSSR count). The second kappa shape index (κ2) is 21.3. The Balaban J connectivity index is -0.0000000475. The molecule has 19 heteroatoms. The molecule has 0 amide bonds. The molecule has 0 unspecified atom stereocenters. The summed E-state index contributed by atoms with van der Waals surface area (Å²) in [4.78, 5) is 38.4. The Kier molecular flexibility index (Phi) is 36.9. The second-order valence-corrected chi connectivity index (χ2v) is 4.03. The molecular weight excluding hydrogens is 466 g/mol. The number of hydrogen-bond donors (Lipinski definition) is 4. The van der Waals surface area contributed by atoms with Crippen LogP contribution in [0.2, 0.25) is 0 Å². The van der Waals surface area contributed by atoms with Crippen molar-refractivity contribution in [3.63, 3.8) is 0 Å². The average Bonchev–Trinajstić information content (AvgIpc) is 2.09. The van der Waals surface area contributed by atoms with Crippen LogP contribution in [0.15, 0.2) is 0 Å². The molecule has 0 aromatic carbocycles. The van der Waals surface area contributed by atoms with Crippen molar-refractivity contribution in [2.24, 2.45) is 0 Å². The van der Waals surface area contributed by atoms with Crippen molar-refractivity contribution >= 4 is 34.5 Å². The monoisotopic (exact) mass is 475 g/mol. The van der Waals surface area contributed by atoms with Crippen LogP contribution in [-0.2, 0) is 41.9 Å². The summed E-state index contributed by atoms with van der Waals surface area (Å²) in [6, 6.07) is 0. The Morgan fingerprint density at radius 3 is 1.08 bits per heavy atom. The van der Waals surface area contributed by atoms with Crippen molar-refractivity contribution in [3.05, 3.63) is 0 Å². The number of rotatable bonds is 5. The molecule has 147 valence electrons. The van der Waals surface area contributed by atoms with Crippen LogP contribution >= 0.6 is 0 Å². The van der Waals surface area contributed by atoms with Crippen LogP contribution in [0.5, 0.6) is 0 Å². The maximum atomic E-state index is 10.1. The SMILES string of the molecule is O.O=C([O-])CC(O)(CC(=O)[O-])C(=O)[O-].O=C([O-])O.O=S(=O)(O)O.[Cu+2].[Na+].[Na+]. The summed E-state index contributed by atoms with van der Waals surface area (Å²) in [7, 11) is -4.67. The van der Waals surface area contributed by atoms with Gasteiger partial charge in [-0.05, 0) is 0 Å². The van der Waals surface area contributed by atoms with E-state index >= 15 is 0 Å². The Morgan fingerprint density at radius 1 is 0.846 bits per heavy atom. The summed E-state index contributed by atoms with van der Waals surface area (Å²) in [5.41, 5.74) is -2.97. The Bertz CT molecular complexity index is 492. The quantitative estimate of drug-likeness (QED) is 0.212. The normalized spacial score (nSPS) is 8.58. The second-order valence-electron chi connectivity index (χ2n) is 3.13. The largest absolute Gasteiger partial charge is 2.00 e. The summed E-state index contributed by atoms with van der Waals surface area (Å²) in [5.74, 6) is -5.98. The van der Waals surface area contributed by atoms with Gasteiger partial charge in [0, 0.05) is 24.8 Å². The van der Waals surface area contributed by atoms with Crippen LogP contribution < -0.4 is 79.5 Å². The fraction of sp³-hybridized carbons (Fsp3) is 0.429. The van der Waals surface area contributed by atoms with Crippen molar-refractivity contribution in [1.29, 1.82) is 0 Å². The van der Waals surface area contributed by atoms with Gasteiger partial charge in [-0.1, -0.05) is 0 Å². The van der Waals surface area contributed by atoms with Gasteiger partial charge < -0.3 is 55.3 Å². The topological polar surface area (TPSA) is 307 Å². The molecule has 0 aromatic heterocycles. The third kappa shape index (κ3) is 49.6. The van der Waals surface area contributed by atoms with Crippen LogP contribution in [-0.4, -0.2) is 62.9 Å². The first kappa shape index (κ1) is 45.0. The number of hydrogen-bond acceptors (Lipinski definition) is 11. The number of carbonyl (C=O) groups excluding carboxylic acids is 3. The molecule has 0 saturated carbocycles. The third-order valence-electron chi connectivity index (χ3n) is 1.25. The predicted molar refractivity (Wildman–Crippen MR) is 55.0 cm³/mol. The zero-order chi connectivity index (χ0) is 18.7. The van der Waals surface area contributed by atoms with Crippen molar-refractivity contribution in [3.8, 4) is 0 Å². The third-order valence-corrected chi connectivity index (χ3v) is 1.25. The summed E-state index contributed by atoms with van der Waals surface area (Å²) < 4.78 is 31.6. The van der Waals surface area contributed by atoms with Gasteiger partial charge in [0.2, 0.25) is 6.16 Å². The maximum absolute atomic E-state index is 10.1. The molecule has 0 fully saturated rings. The van der Waals surface area contributed by atoms with E-state index in [1.165, 1.54) is 0 Å². The average molecular weight is 476 g/mol. The zero-order valence-electron chi connectivity index (χ0n) is 13.0. The van der Waals surface area contributed by atoms with Crippen molar-refractivity contribution < 1.29 is 149 Å². The predicted octanol–water partition coefficient (Wildman–Crippen LogP) is -13.8. The van der Waals surface area contributed by atoms with E-state index in [1.807, 2.05) is 0 Å². The van der Waals surface area contributed by atoms with Crippen LogP contribution in [0.1, 0.15) is 12.8 Å². The van der Waals surface area contributed by atoms with Crippen molar-refractivity contribution in [1.82, 2.24) is 0 Å². The molecule has 15 nitrogen and oxygen atoms in total. The van der Waals surface area contributed by atoms with Gasteiger partial charge in [-0.25, -0.2) is 0 Å². The van der Waals surface area contributed by atoms with E-state index < -0.39 is 52.9 Å². The van der Waals surface area contributed by atoms with E-state index in [-0.39, 0.29) is 81.7 Å². The summed E-state index contributed by atoms with van der Waals surface area (Å²) in [5, 5.41) is 54.2. The fourth-order valence-corrected chi connectivity index (χ4v) is 0.684. The first-order chi connectivity index (χ1) is 9.51. The molecular formula is C7H10CuNa2O15S. The van der Waals surface area contributed by atoms with Gasteiger partial charge >= 0.3 is 86.6 Å². The minimum absolute atomic E-state index is 0. The van der Waals surface area contributed by atoms with Crippen molar-refractivity contribution in [2.75, 3.05) is 0 Å². The fourth-order valence-electron chi connectivity index (χ4n) is 0.684. The molecule has 0 heterocycles. The number of carboxylic acid groups (broad SMARTS) is 5. The van der Waals surface area contributed by atoms with Gasteiger partial charge in [-0.15, -0.1) is 0 Å². The number of aliphatic hydroxyl groups is 1. The molecule has 1 radical (unpaired) electrons. The standard InChI is InChI=1S/C6H8O7.CH2O3.Cu.2Na.H2O4S.H2O/c7-3(8)1-6(13,5(11)12)2-4(9)10;2-1(3)4;;;;1-5(2,3)4;/h13H,1-2H2,(H,7,8)(H,9,10)(H,11,12);(H2,2,3,4);;;;(H2,1,2,3,4);1H2/q;;+2;2*+1;;/p-4. The maximum Gasteiger partial charge on any atom is 2.00 e. The molecule has 0 aliphatic heterocycles. The minimum Gasteiger partial charge on any atom is -0.565 e. The zero-order valence-corrected chi connectivity index (χ0v) is 18.8. The van der Waals surface area contributed by atoms with Gasteiger partial charge in [0.1, 0.15) is 5.60 Å². The molecule has 0 atom stereocenters. The molecule has 0 aromatic rings. The molecule has 26 heavy (non-hydrogen) atoms. The smallest absolute Gasteiger partial charge is 0.565 e. The number of carbonyl (C=O) groups is 4. The number of aliphatic carboxylic acids is 3.